The molecule has 0 unspecified atom stereocenters. The van der Waals surface area contributed by atoms with E-state index >= 15 is 0 Å². The van der Waals surface area contributed by atoms with Crippen molar-refractivity contribution in [3.63, 3.8) is 0 Å². The molecule has 0 spiro atoms. The number of nitrogens with zero attached hydrogens (tertiary/aromatic N) is 1. The summed E-state index contributed by atoms with van der Waals surface area (Å²) in [7, 11) is -0.310. The molecular weight excluding hydrogens is 260 g/mol. The summed E-state index contributed by atoms with van der Waals surface area (Å²) in [4.78, 5) is 0. The molecule has 0 aromatic heterocycles. The van der Waals surface area contributed by atoms with Crippen LogP contribution >= 0.6 is 11.6 Å². The monoisotopic (exact) mass is 277 g/mol. The molecule has 19 heavy (non-hydrogen) atoms. The van der Waals surface area contributed by atoms with Crippen molar-refractivity contribution in [2.75, 3.05) is 0 Å². The first-order chi connectivity index (χ1) is 8.75. The highest BCUT2D eigenvalue weighted by Crippen LogP contribution is 2.37. The molecule has 1 heterocycles. The van der Waals surface area contributed by atoms with E-state index in [4.69, 9.17) is 26.2 Å². The van der Waals surface area contributed by atoms with Crippen molar-refractivity contribution >= 4 is 18.7 Å². The average Bonchev–Trinajstić information content (AvgIpc) is 2.50. The van der Waals surface area contributed by atoms with E-state index in [0.717, 1.165) is 5.56 Å². The van der Waals surface area contributed by atoms with E-state index in [2.05, 4.69) is 6.07 Å². The van der Waals surface area contributed by atoms with E-state index in [-0.39, 0.29) is 18.3 Å². The molecule has 1 aromatic carbocycles. The van der Waals surface area contributed by atoms with E-state index < -0.39 is 0 Å². The van der Waals surface area contributed by atoms with Gasteiger partial charge >= 0.3 is 7.12 Å². The molecule has 0 bridgehead atoms. The first kappa shape index (κ1) is 14.4. The molecule has 0 amide bonds. The van der Waals surface area contributed by atoms with Gasteiger partial charge in [-0.2, -0.15) is 5.26 Å². The third-order valence-electron chi connectivity index (χ3n) is 3.87. The van der Waals surface area contributed by atoms with Gasteiger partial charge in [0.25, 0.3) is 0 Å². The molecule has 0 saturated carbocycles. The maximum Gasteiger partial charge on any atom is 0.462 e. The topological polar surface area (TPSA) is 42.2 Å². The molecule has 2 rings (SSSR count). The zero-order valence-electron chi connectivity index (χ0n) is 11.7. The lowest BCUT2D eigenvalue weighted by Crippen LogP contribution is -2.41. The Labute approximate surface area is 119 Å². The highest BCUT2D eigenvalue weighted by molar-refractivity contribution is 6.45. The van der Waals surface area contributed by atoms with Crippen LogP contribution in [-0.2, 0) is 15.6 Å². The Hall–Kier alpha value is -1.02. The van der Waals surface area contributed by atoms with Crippen molar-refractivity contribution in [2.24, 2.45) is 0 Å². The summed E-state index contributed by atoms with van der Waals surface area (Å²) in [5.41, 5.74) is 0.815. The summed E-state index contributed by atoms with van der Waals surface area (Å²) in [5.74, 6) is 0. The molecule has 100 valence electrons. The lowest BCUT2D eigenvalue weighted by atomic mass is 9.80. The lowest BCUT2D eigenvalue weighted by Gasteiger charge is -2.32. The number of hydrogen-bond acceptors (Lipinski definition) is 3. The molecule has 0 aliphatic carbocycles. The summed E-state index contributed by atoms with van der Waals surface area (Å²) < 4.78 is 11.9. The van der Waals surface area contributed by atoms with Crippen molar-refractivity contribution in [3.05, 3.63) is 34.3 Å². The maximum absolute atomic E-state index is 8.82. The van der Waals surface area contributed by atoms with Crippen LogP contribution in [0.1, 0.15) is 38.8 Å². The predicted molar refractivity (Wildman–Crippen MR) is 76.0 cm³/mol. The van der Waals surface area contributed by atoms with Crippen molar-refractivity contribution in [3.8, 4) is 6.07 Å². The molecule has 0 radical (unpaired) electrons. The number of nitriles is 1. The average molecular weight is 278 g/mol. The van der Waals surface area contributed by atoms with Crippen LogP contribution in [0.4, 0.5) is 0 Å². The predicted octanol–water partition coefficient (Wildman–Crippen LogP) is 3.39. The number of rotatable bonds is 2. The van der Waals surface area contributed by atoms with Crippen LogP contribution in [0, 0.1) is 11.3 Å². The summed E-state index contributed by atoms with van der Waals surface area (Å²) in [5, 5.41) is 9.39. The van der Waals surface area contributed by atoms with Gasteiger partial charge in [-0.1, -0.05) is 17.7 Å². The van der Waals surface area contributed by atoms with Gasteiger partial charge < -0.3 is 9.31 Å². The van der Waals surface area contributed by atoms with Gasteiger partial charge in [-0.15, -0.1) is 0 Å². The van der Waals surface area contributed by atoms with Gasteiger partial charge in [-0.05, 0) is 45.4 Å². The van der Waals surface area contributed by atoms with E-state index in [1.54, 1.807) is 12.1 Å². The minimum Gasteiger partial charge on any atom is -0.403 e. The summed E-state index contributed by atoms with van der Waals surface area (Å²) in [6, 6.07) is 7.35. The van der Waals surface area contributed by atoms with Crippen LogP contribution in [0.3, 0.4) is 0 Å². The van der Waals surface area contributed by atoms with E-state index in [9.17, 15) is 0 Å². The number of benzene rings is 1. The van der Waals surface area contributed by atoms with Crippen LogP contribution in [0.15, 0.2) is 18.2 Å². The fourth-order valence-electron chi connectivity index (χ4n) is 2.01. The second-order valence-corrected chi connectivity index (χ2v) is 6.22. The van der Waals surface area contributed by atoms with Gasteiger partial charge in [-0.3, -0.25) is 0 Å². The quantitative estimate of drug-likeness (QED) is 0.778. The highest BCUT2D eigenvalue weighted by atomic mass is 35.5. The van der Waals surface area contributed by atoms with Crippen molar-refractivity contribution in [1.82, 2.24) is 0 Å². The Balaban J connectivity index is 2.14. The highest BCUT2D eigenvalue weighted by Gasteiger charge is 2.50. The van der Waals surface area contributed by atoms with Gasteiger partial charge in [0.15, 0.2) is 0 Å². The zero-order chi connectivity index (χ0) is 14.3. The Morgan fingerprint density at radius 1 is 1.21 bits per heavy atom. The summed E-state index contributed by atoms with van der Waals surface area (Å²) in [6.07, 6.45) is 0.581. The Bertz CT molecular complexity index is 521. The Morgan fingerprint density at radius 2 is 1.79 bits per heavy atom. The number of halogens is 1. The van der Waals surface area contributed by atoms with Gasteiger partial charge in [0.2, 0.25) is 0 Å². The van der Waals surface area contributed by atoms with E-state index in [0.29, 0.717) is 16.9 Å². The van der Waals surface area contributed by atoms with Crippen LogP contribution in [0.25, 0.3) is 0 Å². The van der Waals surface area contributed by atoms with Crippen LogP contribution in [0.5, 0.6) is 0 Å². The van der Waals surface area contributed by atoms with Gasteiger partial charge in [0, 0.05) is 11.3 Å². The van der Waals surface area contributed by atoms with Crippen LogP contribution in [0.2, 0.25) is 5.02 Å². The smallest absolute Gasteiger partial charge is 0.403 e. The van der Waals surface area contributed by atoms with Gasteiger partial charge in [0.05, 0.1) is 22.8 Å². The van der Waals surface area contributed by atoms with Gasteiger partial charge in [0.1, 0.15) is 0 Å². The molecular formula is C14H17BClNO2. The van der Waals surface area contributed by atoms with Gasteiger partial charge in [-0.25, -0.2) is 0 Å². The SMILES string of the molecule is CC1(C)OB(Cc2ccc(C#N)cc2Cl)OC1(C)C. The minimum atomic E-state index is -0.337. The van der Waals surface area contributed by atoms with Crippen molar-refractivity contribution < 1.29 is 9.31 Å². The third kappa shape index (κ3) is 2.79. The summed E-state index contributed by atoms with van der Waals surface area (Å²) in [6.45, 7) is 8.08. The minimum absolute atomic E-state index is 0.310. The second kappa shape index (κ2) is 4.83. The molecule has 1 aromatic rings. The Morgan fingerprint density at radius 3 is 2.26 bits per heavy atom. The molecule has 0 atom stereocenters. The van der Waals surface area contributed by atoms with Crippen LogP contribution in [-0.4, -0.2) is 18.3 Å². The molecule has 1 aliphatic rings. The van der Waals surface area contributed by atoms with Crippen LogP contribution < -0.4 is 0 Å². The first-order valence-electron chi connectivity index (χ1n) is 6.29. The lowest BCUT2D eigenvalue weighted by molar-refractivity contribution is 0.00578. The normalized spacial score (nSPS) is 20.3. The van der Waals surface area contributed by atoms with E-state index in [1.807, 2.05) is 33.8 Å². The fraction of sp³-hybridized carbons (Fsp3) is 0.500. The molecule has 0 N–H and O–H groups in total. The third-order valence-corrected chi connectivity index (χ3v) is 4.22. The zero-order valence-corrected chi connectivity index (χ0v) is 12.4. The Kier molecular flexibility index (Phi) is 3.66. The molecule has 3 nitrogen and oxygen atoms in total. The molecule has 1 aliphatic heterocycles. The maximum atomic E-state index is 8.82. The molecule has 1 saturated heterocycles. The number of hydrogen-bond donors (Lipinski definition) is 0. The van der Waals surface area contributed by atoms with Crippen molar-refractivity contribution in [2.45, 2.75) is 45.2 Å². The first-order valence-corrected chi connectivity index (χ1v) is 6.67. The van der Waals surface area contributed by atoms with Crippen molar-refractivity contribution in [1.29, 1.82) is 5.26 Å². The molecule has 5 heteroatoms. The fourth-order valence-corrected chi connectivity index (χ4v) is 2.27. The van der Waals surface area contributed by atoms with E-state index in [1.165, 1.54) is 0 Å². The largest absolute Gasteiger partial charge is 0.462 e. The molecule has 1 fully saturated rings. The summed E-state index contributed by atoms with van der Waals surface area (Å²) >= 11 is 6.17. The standard InChI is InChI=1S/C14H17BClNO2/c1-13(2)14(3,4)19-15(18-13)8-11-6-5-10(9-17)7-12(11)16/h5-7H,8H2,1-4H3. The second-order valence-electron chi connectivity index (χ2n) is 5.81.